The highest BCUT2D eigenvalue weighted by molar-refractivity contribution is 5.35. The van der Waals surface area contributed by atoms with Crippen molar-refractivity contribution in [3.8, 4) is 0 Å². The molecule has 5 aliphatic rings. The van der Waals surface area contributed by atoms with Gasteiger partial charge in [-0.1, -0.05) is 13.8 Å². The predicted octanol–water partition coefficient (Wildman–Crippen LogP) is 4.42. The second kappa shape index (κ2) is 6.18. The van der Waals surface area contributed by atoms with E-state index in [-0.39, 0.29) is 28.9 Å². The van der Waals surface area contributed by atoms with Gasteiger partial charge in [-0.05, 0) is 92.1 Å². The van der Waals surface area contributed by atoms with Crippen LogP contribution < -0.4 is 11.8 Å². The molecule has 9 atom stereocenters. The van der Waals surface area contributed by atoms with Crippen LogP contribution in [0.4, 0.5) is 0 Å². The van der Waals surface area contributed by atoms with Crippen LogP contribution in [-0.4, -0.2) is 22.9 Å². The molecule has 5 nitrogen and oxygen atoms in total. The molecule has 0 unspecified atom stereocenters. The minimum atomic E-state index is -0.266. The molecule has 1 saturated heterocycles. The van der Waals surface area contributed by atoms with Crippen molar-refractivity contribution >= 4 is 0 Å². The maximum Gasteiger partial charge on any atom is 0.335 e. The third-order valence-corrected chi connectivity index (χ3v) is 10.2. The van der Waals surface area contributed by atoms with Crippen LogP contribution in [0.15, 0.2) is 27.6 Å². The summed E-state index contributed by atoms with van der Waals surface area (Å²) in [5.41, 5.74) is 1.44. The van der Waals surface area contributed by atoms with Crippen molar-refractivity contribution in [2.24, 2.45) is 28.6 Å². The summed E-state index contributed by atoms with van der Waals surface area (Å²) in [6, 6.07) is 3.55. The van der Waals surface area contributed by atoms with Gasteiger partial charge in [0.15, 0.2) is 0 Å². The van der Waals surface area contributed by atoms with E-state index in [1.165, 1.54) is 37.7 Å². The van der Waals surface area contributed by atoms with Gasteiger partial charge >= 0.3 is 5.63 Å². The Balaban J connectivity index is 0.00000181. The molecule has 4 aliphatic carbocycles. The van der Waals surface area contributed by atoms with E-state index in [9.17, 15) is 9.90 Å². The summed E-state index contributed by atoms with van der Waals surface area (Å²) >= 11 is 0. The lowest BCUT2D eigenvalue weighted by atomic mass is 9.44. The van der Waals surface area contributed by atoms with Crippen LogP contribution in [0.2, 0.25) is 0 Å². The van der Waals surface area contributed by atoms with Gasteiger partial charge in [-0.3, -0.25) is 0 Å². The molecule has 4 N–H and O–H groups in total. The van der Waals surface area contributed by atoms with Crippen molar-refractivity contribution in [3.05, 3.63) is 34.4 Å². The molecule has 0 radical (unpaired) electrons. The van der Waals surface area contributed by atoms with Crippen LogP contribution >= 0.6 is 0 Å². The van der Waals surface area contributed by atoms with E-state index in [0.29, 0.717) is 29.3 Å². The Kier molecular flexibility index (Phi) is 4.21. The van der Waals surface area contributed by atoms with Crippen molar-refractivity contribution in [2.45, 2.75) is 88.9 Å². The maximum atomic E-state index is 11.4. The van der Waals surface area contributed by atoms with Crippen molar-refractivity contribution in [1.29, 1.82) is 0 Å². The van der Waals surface area contributed by atoms with Crippen molar-refractivity contribution in [3.63, 3.8) is 0 Å². The van der Waals surface area contributed by atoms with Gasteiger partial charge in [0, 0.05) is 11.5 Å². The summed E-state index contributed by atoms with van der Waals surface area (Å²) in [4.78, 5) is 11.4. The SMILES string of the molecule is C[C@]12CC[C@H](O)C[C@H]1CC[C@@H]1[C@@H]2CC[C@]2(C)[C@@H](c3ccc(=O)oc3)C[C@H]3O[C@]132.N. The monoisotopic (exact) mass is 401 g/mol. The molecule has 160 valence electrons. The average Bonchev–Trinajstić information content (AvgIpc) is 3.33. The summed E-state index contributed by atoms with van der Waals surface area (Å²) < 4.78 is 11.8. The number of epoxide rings is 1. The Morgan fingerprint density at radius 3 is 2.62 bits per heavy atom. The molecule has 29 heavy (non-hydrogen) atoms. The Bertz CT molecular complexity index is 848. The fourth-order valence-electron chi connectivity index (χ4n) is 8.74. The number of hydrogen-bond donors (Lipinski definition) is 2. The van der Waals surface area contributed by atoms with Gasteiger partial charge < -0.3 is 20.4 Å². The van der Waals surface area contributed by atoms with E-state index < -0.39 is 0 Å². The lowest BCUT2D eigenvalue weighted by Gasteiger charge is -2.61. The number of rotatable bonds is 1. The van der Waals surface area contributed by atoms with E-state index in [2.05, 4.69) is 13.8 Å². The third kappa shape index (κ3) is 2.35. The number of hydrogen-bond acceptors (Lipinski definition) is 5. The van der Waals surface area contributed by atoms with Gasteiger partial charge in [0.25, 0.3) is 0 Å². The maximum absolute atomic E-state index is 11.4. The zero-order chi connectivity index (χ0) is 19.3. The van der Waals surface area contributed by atoms with E-state index in [4.69, 9.17) is 9.15 Å². The largest absolute Gasteiger partial charge is 0.431 e. The molecule has 1 spiro atoms. The fourth-order valence-corrected chi connectivity index (χ4v) is 8.74. The smallest absolute Gasteiger partial charge is 0.335 e. The Morgan fingerprint density at radius 2 is 1.86 bits per heavy atom. The first-order valence-electron chi connectivity index (χ1n) is 11.3. The molecule has 2 heterocycles. The van der Waals surface area contributed by atoms with Crippen LogP contribution in [0.1, 0.15) is 76.7 Å². The highest BCUT2D eigenvalue weighted by atomic mass is 16.6. The average molecular weight is 402 g/mol. The topological polar surface area (TPSA) is 98.0 Å². The molecule has 6 rings (SSSR count). The van der Waals surface area contributed by atoms with E-state index >= 15 is 0 Å². The van der Waals surface area contributed by atoms with Gasteiger partial charge in [-0.2, -0.15) is 0 Å². The van der Waals surface area contributed by atoms with Crippen LogP contribution in [0, 0.1) is 28.6 Å². The van der Waals surface area contributed by atoms with Gasteiger partial charge in [0.05, 0.1) is 18.5 Å². The minimum Gasteiger partial charge on any atom is -0.431 e. The second-order valence-corrected chi connectivity index (χ2v) is 11.0. The molecule has 1 aromatic heterocycles. The summed E-state index contributed by atoms with van der Waals surface area (Å²) in [5.74, 6) is 2.48. The zero-order valence-electron chi connectivity index (χ0n) is 17.7. The molecule has 5 heteroatoms. The zero-order valence-corrected chi connectivity index (χ0v) is 17.7. The van der Waals surface area contributed by atoms with E-state index in [1.54, 1.807) is 12.3 Å². The Labute approximate surface area is 172 Å². The normalized spacial score (nSPS) is 52.4. The molecular formula is C24H35NO4. The van der Waals surface area contributed by atoms with Gasteiger partial charge in [0.1, 0.15) is 5.60 Å². The molecular weight excluding hydrogens is 366 g/mol. The van der Waals surface area contributed by atoms with Gasteiger partial charge in [-0.25, -0.2) is 4.79 Å². The van der Waals surface area contributed by atoms with Gasteiger partial charge in [-0.15, -0.1) is 0 Å². The predicted molar refractivity (Wildman–Crippen MR) is 110 cm³/mol. The first-order valence-corrected chi connectivity index (χ1v) is 11.3. The number of aliphatic hydroxyl groups excluding tert-OH is 1. The lowest BCUT2D eigenvalue weighted by molar-refractivity contribution is -0.139. The first-order chi connectivity index (χ1) is 13.4. The Hall–Kier alpha value is -1.17. The van der Waals surface area contributed by atoms with Crippen molar-refractivity contribution in [1.82, 2.24) is 6.15 Å². The second-order valence-electron chi connectivity index (χ2n) is 11.0. The molecule has 0 bridgehead atoms. The minimum absolute atomic E-state index is 0. The number of aliphatic hydroxyl groups is 1. The molecule has 5 fully saturated rings. The summed E-state index contributed by atoms with van der Waals surface area (Å²) in [6.07, 6.45) is 11.1. The van der Waals surface area contributed by atoms with Crippen LogP contribution in [0.25, 0.3) is 0 Å². The van der Waals surface area contributed by atoms with Crippen molar-refractivity contribution in [2.75, 3.05) is 0 Å². The van der Waals surface area contributed by atoms with Crippen LogP contribution in [0.5, 0.6) is 0 Å². The highest BCUT2D eigenvalue weighted by Crippen LogP contribution is 2.77. The Morgan fingerprint density at radius 1 is 1.03 bits per heavy atom. The third-order valence-electron chi connectivity index (χ3n) is 10.2. The summed E-state index contributed by atoms with van der Waals surface area (Å²) in [5, 5.41) is 10.2. The lowest BCUT2D eigenvalue weighted by Crippen LogP contribution is -2.58. The standard InChI is InChI=1S/C24H32O4.H3N/c1-22-9-7-16(25)11-15(22)4-5-18-17(22)8-10-23(2)19(12-20-24(18,23)28-20)14-3-6-21(26)27-13-14;/h3,6,13,15-20,25H,4-5,7-12H2,1-2H3;1H3/t15-,16+,17+,18-,19-,20-,22+,23-,24-;/m1./s1. The van der Waals surface area contributed by atoms with Gasteiger partial charge in [0.2, 0.25) is 0 Å². The summed E-state index contributed by atoms with van der Waals surface area (Å²) in [6.45, 7) is 4.97. The van der Waals surface area contributed by atoms with Crippen LogP contribution in [-0.2, 0) is 4.74 Å². The number of fused-ring (bicyclic) bond motifs is 3. The van der Waals surface area contributed by atoms with Crippen LogP contribution in [0.3, 0.4) is 0 Å². The first kappa shape index (κ1) is 19.8. The fraction of sp³-hybridized carbons (Fsp3) is 0.792. The molecule has 0 aromatic carbocycles. The van der Waals surface area contributed by atoms with E-state index in [0.717, 1.165) is 25.2 Å². The van der Waals surface area contributed by atoms with Crippen molar-refractivity contribution < 1.29 is 14.3 Å². The quantitative estimate of drug-likeness (QED) is 0.679. The molecule has 0 amide bonds. The number of ether oxygens (including phenoxy) is 1. The molecule has 1 aliphatic heterocycles. The highest BCUT2D eigenvalue weighted by Gasteiger charge is 2.80. The van der Waals surface area contributed by atoms with E-state index in [1.807, 2.05) is 6.07 Å². The summed E-state index contributed by atoms with van der Waals surface area (Å²) in [7, 11) is 0. The molecule has 4 saturated carbocycles. The molecule has 1 aromatic rings.